The number of hydrogen-bond acceptors (Lipinski definition) is 3. The topological polar surface area (TPSA) is 32.3 Å². The minimum atomic E-state index is 0.0466. The van der Waals surface area contributed by atoms with Crippen molar-refractivity contribution < 1.29 is 4.79 Å². The van der Waals surface area contributed by atoms with Gasteiger partial charge >= 0.3 is 0 Å². The first-order valence-corrected chi connectivity index (χ1v) is 6.43. The number of thiophene rings is 1. The lowest BCUT2D eigenvalue weighted by Crippen LogP contribution is -2.36. The molecule has 1 heterocycles. The maximum atomic E-state index is 11.5. The summed E-state index contributed by atoms with van der Waals surface area (Å²) in [6.07, 6.45) is 0. The molecule has 0 bridgehead atoms. The van der Waals surface area contributed by atoms with Crippen molar-refractivity contribution in [1.82, 2.24) is 10.2 Å². The molecular weight excluding hydrogens is 220 g/mol. The number of carbonyl (C=O) groups excluding carboxylic acids is 1. The first-order valence-electron chi connectivity index (χ1n) is 5.48. The zero-order valence-corrected chi connectivity index (χ0v) is 11.2. The number of carbonyl (C=O) groups is 1. The van der Waals surface area contributed by atoms with Crippen LogP contribution in [0.25, 0.3) is 0 Å². The van der Waals surface area contributed by atoms with Crippen LogP contribution in [0.4, 0.5) is 0 Å². The summed E-state index contributed by atoms with van der Waals surface area (Å²) in [4.78, 5) is 13.6. The zero-order valence-electron chi connectivity index (χ0n) is 10.4. The van der Waals surface area contributed by atoms with E-state index in [0.717, 1.165) is 0 Å². The fourth-order valence-corrected chi connectivity index (χ4v) is 2.17. The summed E-state index contributed by atoms with van der Waals surface area (Å²) in [7, 11) is 4.06. The van der Waals surface area contributed by atoms with Gasteiger partial charge in [-0.2, -0.15) is 11.3 Å². The van der Waals surface area contributed by atoms with Crippen LogP contribution < -0.4 is 5.32 Å². The Morgan fingerprint density at radius 3 is 2.62 bits per heavy atom. The lowest BCUT2D eigenvalue weighted by atomic mass is 10.1. The van der Waals surface area contributed by atoms with Crippen molar-refractivity contribution in [1.29, 1.82) is 0 Å². The summed E-state index contributed by atoms with van der Waals surface area (Å²) in [5.41, 5.74) is 1.26. The Labute approximate surface area is 101 Å². The van der Waals surface area contributed by atoms with E-state index in [2.05, 4.69) is 27.0 Å². The monoisotopic (exact) mass is 240 g/mol. The molecule has 4 heteroatoms. The predicted molar refractivity (Wildman–Crippen MR) is 68.6 cm³/mol. The average molecular weight is 240 g/mol. The lowest BCUT2D eigenvalue weighted by Gasteiger charge is -2.24. The Kier molecular flexibility index (Phi) is 4.96. The van der Waals surface area contributed by atoms with Crippen LogP contribution in [0.5, 0.6) is 0 Å². The van der Waals surface area contributed by atoms with E-state index in [1.54, 1.807) is 11.3 Å². The van der Waals surface area contributed by atoms with Gasteiger partial charge in [-0.1, -0.05) is 13.8 Å². The summed E-state index contributed by atoms with van der Waals surface area (Å²) < 4.78 is 0. The summed E-state index contributed by atoms with van der Waals surface area (Å²) in [5, 5.41) is 7.17. The van der Waals surface area contributed by atoms with Crippen molar-refractivity contribution in [3.63, 3.8) is 0 Å². The smallest absolute Gasteiger partial charge is 0.222 e. The molecule has 1 amide bonds. The van der Waals surface area contributed by atoms with Gasteiger partial charge in [0.1, 0.15) is 0 Å². The van der Waals surface area contributed by atoms with Gasteiger partial charge < -0.3 is 10.2 Å². The first-order chi connectivity index (χ1) is 7.52. The van der Waals surface area contributed by atoms with Crippen LogP contribution in [0, 0.1) is 5.92 Å². The zero-order chi connectivity index (χ0) is 12.1. The molecule has 1 rings (SSSR count). The van der Waals surface area contributed by atoms with Gasteiger partial charge in [0, 0.05) is 12.5 Å². The van der Waals surface area contributed by atoms with Gasteiger partial charge in [0.15, 0.2) is 0 Å². The number of amides is 1. The maximum absolute atomic E-state index is 11.5. The SMILES string of the molecule is CC(C)C(=O)NC[C@H](c1ccsc1)N(C)C. The summed E-state index contributed by atoms with van der Waals surface area (Å²) >= 11 is 1.69. The number of hydrogen-bond donors (Lipinski definition) is 1. The minimum Gasteiger partial charge on any atom is -0.354 e. The van der Waals surface area contributed by atoms with Gasteiger partial charge in [-0.05, 0) is 36.5 Å². The van der Waals surface area contributed by atoms with E-state index < -0.39 is 0 Å². The highest BCUT2D eigenvalue weighted by Gasteiger charge is 2.16. The van der Waals surface area contributed by atoms with Gasteiger partial charge in [0.25, 0.3) is 0 Å². The molecule has 0 fully saturated rings. The molecular formula is C12H20N2OS. The van der Waals surface area contributed by atoms with E-state index in [4.69, 9.17) is 0 Å². The third kappa shape index (κ3) is 3.61. The van der Waals surface area contributed by atoms with Gasteiger partial charge in [-0.15, -0.1) is 0 Å². The van der Waals surface area contributed by atoms with E-state index in [1.165, 1.54) is 5.56 Å². The van der Waals surface area contributed by atoms with Crippen molar-refractivity contribution in [3.05, 3.63) is 22.4 Å². The molecule has 0 aromatic carbocycles. The quantitative estimate of drug-likeness (QED) is 0.855. The number of likely N-dealkylation sites (N-methyl/N-ethyl adjacent to an activating group) is 1. The van der Waals surface area contributed by atoms with Crippen LogP contribution in [0.1, 0.15) is 25.5 Å². The van der Waals surface area contributed by atoms with Gasteiger partial charge in [-0.25, -0.2) is 0 Å². The van der Waals surface area contributed by atoms with E-state index in [0.29, 0.717) is 6.54 Å². The highest BCUT2D eigenvalue weighted by atomic mass is 32.1. The Hall–Kier alpha value is -0.870. The Morgan fingerprint density at radius 2 is 2.19 bits per heavy atom. The second-order valence-electron chi connectivity index (χ2n) is 4.44. The van der Waals surface area contributed by atoms with E-state index in [-0.39, 0.29) is 17.9 Å². The van der Waals surface area contributed by atoms with E-state index >= 15 is 0 Å². The van der Waals surface area contributed by atoms with Crippen LogP contribution in [-0.4, -0.2) is 31.4 Å². The fraction of sp³-hybridized carbons (Fsp3) is 0.583. The molecule has 1 atom stereocenters. The Bertz CT molecular complexity index is 320. The van der Waals surface area contributed by atoms with E-state index in [9.17, 15) is 4.79 Å². The first kappa shape index (κ1) is 13.2. The standard InChI is InChI=1S/C12H20N2OS/c1-9(2)12(15)13-7-11(14(3)4)10-5-6-16-8-10/h5-6,8-9,11H,7H2,1-4H3,(H,13,15)/t11-/m1/s1. The summed E-state index contributed by atoms with van der Waals surface area (Å²) in [5.74, 6) is 0.160. The maximum Gasteiger partial charge on any atom is 0.222 e. The molecule has 3 nitrogen and oxygen atoms in total. The van der Waals surface area contributed by atoms with Crippen molar-refractivity contribution in [2.24, 2.45) is 5.92 Å². The second kappa shape index (κ2) is 6.01. The molecule has 0 saturated heterocycles. The molecule has 0 spiro atoms. The van der Waals surface area contributed by atoms with Crippen molar-refractivity contribution >= 4 is 17.2 Å². The van der Waals surface area contributed by atoms with Crippen molar-refractivity contribution in [2.45, 2.75) is 19.9 Å². The summed E-state index contributed by atoms with van der Waals surface area (Å²) in [6, 6.07) is 2.37. The molecule has 1 aromatic heterocycles. The van der Waals surface area contributed by atoms with Crippen LogP contribution in [0.2, 0.25) is 0 Å². The molecule has 0 unspecified atom stereocenters. The molecule has 0 aliphatic heterocycles. The highest BCUT2D eigenvalue weighted by molar-refractivity contribution is 7.07. The number of rotatable bonds is 5. The van der Waals surface area contributed by atoms with Gasteiger partial charge in [-0.3, -0.25) is 4.79 Å². The van der Waals surface area contributed by atoms with Gasteiger partial charge in [0.2, 0.25) is 5.91 Å². The minimum absolute atomic E-state index is 0.0466. The Balaban J connectivity index is 2.57. The van der Waals surface area contributed by atoms with Crippen LogP contribution in [0.3, 0.4) is 0 Å². The number of nitrogens with one attached hydrogen (secondary N) is 1. The number of nitrogens with zero attached hydrogens (tertiary/aromatic N) is 1. The van der Waals surface area contributed by atoms with Crippen LogP contribution in [0.15, 0.2) is 16.8 Å². The molecule has 1 aromatic rings. The molecule has 0 saturated carbocycles. The summed E-state index contributed by atoms with van der Waals surface area (Å²) in [6.45, 7) is 4.48. The Morgan fingerprint density at radius 1 is 1.50 bits per heavy atom. The average Bonchev–Trinajstić information content (AvgIpc) is 2.70. The molecule has 0 radical (unpaired) electrons. The third-order valence-electron chi connectivity index (χ3n) is 2.55. The molecule has 90 valence electrons. The van der Waals surface area contributed by atoms with Crippen molar-refractivity contribution in [2.75, 3.05) is 20.6 Å². The molecule has 0 aliphatic carbocycles. The van der Waals surface area contributed by atoms with Gasteiger partial charge in [0.05, 0.1) is 6.04 Å². The highest BCUT2D eigenvalue weighted by Crippen LogP contribution is 2.19. The van der Waals surface area contributed by atoms with Crippen molar-refractivity contribution in [3.8, 4) is 0 Å². The van der Waals surface area contributed by atoms with Crippen LogP contribution in [-0.2, 0) is 4.79 Å². The third-order valence-corrected chi connectivity index (χ3v) is 3.25. The molecule has 16 heavy (non-hydrogen) atoms. The lowest BCUT2D eigenvalue weighted by molar-refractivity contribution is -0.124. The predicted octanol–water partition coefficient (Wildman–Crippen LogP) is 2.12. The fourth-order valence-electron chi connectivity index (χ4n) is 1.46. The van der Waals surface area contributed by atoms with E-state index in [1.807, 2.05) is 27.9 Å². The second-order valence-corrected chi connectivity index (χ2v) is 5.22. The largest absolute Gasteiger partial charge is 0.354 e. The van der Waals surface area contributed by atoms with Crippen LogP contribution >= 0.6 is 11.3 Å². The molecule has 1 N–H and O–H groups in total. The normalized spacial score (nSPS) is 13.1. The molecule has 0 aliphatic rings.